The van der Waals surface area contributed by atoms with Crippen molar-refractivity contribution in [3.05, 3.63) is 0 Å². The molecule has 0 saturated carbocycles. The van der Waals surface area contributed by atoms with Crippen molar-refractivity contribution in [3.63, 3.8) is 0 Å². The summed E-state index contributed by atoms with van der Waals surface area (Å²) >= 11 is 0. The first-order valence-corrected chi connectivity index (χ1v) is 41.3. The molecule has 2 aromatic heterocycles. The van der Waals surface area contributed by atoms with Crippen LogP contribution in [0.15, 0.2) is 0 Å². The minimum Gasteiger partial charge on any atom is -0.305 e. The monoisotopic (exact) mass is 706 g/mol. The highest BCUT2D eigenvalue weighted by Gasteiger charge is 2.55. The molecule has 38 heavy (non-hydrogen) atoms. The van der Waals surface area contributed by atoms with Crippen LogP contribution in [-0.4, -0.2) is 74.5 Å². The van der Waals surface area contributed by atoms with E-state index in [9.17, 15) is 0 Å². The summed E-state index contributed by atoms with van der Waals surface area (Å²) < 4.78 is 12.8. The number of nitrogens with zero attached hydrogens (tertiary/aromatic N) is 4. The molecule has 2 rings (SSSR count). The van der Waals surface area contributed by atoms with Gasteiger partial charge < -0.3 is 8.00 Å². The van der Waals surface area contributed by atoms with Crippen molar-refractivity contribution in [2.45, 2.75) is 158 Å². The van der Waals surface area contributed by atoms with Crippen LogP contribution >= 0.6 is 41.7 Å². The fourth-order valence-electron chi connectivity index (χ4n) is 6.27. The fraction of sp³-hybridized carbons (Fsp3) is 1.00. The molecule has 0 spiro atoms. The molecule has 0 aromatic carbocycles. The van der Waals surface area contributed by atoms with Crippen LogP contribution < -0.4 is 0 Å². The van der Waals surface area contributed by atoms with Gasteiger partial charge in [-0.05, 0) is 81.3 Å². The minimum absolute atomic E-state index is 0.132. The molecule has 0 aliphatic heterocycles. The lowest BCUT2D eigenvalue weighted by atomic mass is 10.3. The minimum atomic E-state index is -1.44. The summed E-state index contributed by atoms with van der Waals surface area (Å²) in [6, 6.07) is 2.62. The maximum absolute atomic E-state index is 3.31. The molecule has 14 heteroatoms. The standard InChI is InChI=1S/C24H64N4P6Si4/c1-21(2)25(22(3)4)29(27(35(9,10)11)36(12,13)14)31-33-32(34(31)33)30(26(23(5)6)24(7)8)28(37(15,16)17)38(18,19)20/h21-24H,1-20H3. The Morgan fingerprint density at radius 1 is 0.395 bits per heavy atom. The van der Waals surface area contributed by atoms with E-state index in [4.69, 9.17) is 0 Å². The van der Waals surface area contributed by atoms with Gasteiger partial charge in [0.1, 0.15) is 32.9 Å². The summed E-state index contributed by atoms with van der Waals surface area (Å²) in [5.41, 5.74) is 0. The van der Waals surface area contributed by atoms with Crippen LogP contribution in [0.1, 0.15) is 55.4 Å². The maximum Gasteiger partial charge on any atom is 0.117 e. The van der Waals surface area contributed by atoms with E-state index in [0.29, 0.717) is 36.9 Å². The molecular weight excluding hydrogens is 642 g/mol. The Kier molecular flexibility index (Phi) is 12.3. The van der Waals surface area contributed by atoms with Gasteiger partial charge in [0.25, 0.3) is 0 Å². The third-order valence-electron chi connectivity index (χ3n) is 6.49. The molecule has 0 N–H and O–H groups in total. The second-order valence-electron chi connectivity index (χ2n) is 16.1. The van der Waals surface area contributed by atoms with Gasteiger partial charge in [-0.25, -0.2) is 0 Å². The van der Waals surface area contributed by atoms with Crippen molar-refractivity contribution in [3.8, 4) is 0 Å². The van der Waals surface area contributed by atoms with Crippen LogP contribution in [0.2, 0.25) is 78.6 Å². The molecule has 0 amide bonds. The zero-order valence-electron chi connectivity index (χ0n) is 28.8. The van der Waals surface area contributed by atoms with Gasteiger partial charge in [-0.3, -0.25) is 9.34 Å². The first-order chi connectivity index (χ1) is 16.8. The quantitative estimate of drug-likeness (QED) is 0.143. The molecular formula is C24H64N4P6Si4. The molecule has 2 heterocycles. The first-order valence-electron chi connectivity index (χ1n) is 14.7. The molecule has 226 valence electrons. The summed E-state index contributed by atoms with van der Waals surface area (Å²) in [7, 11) is -6.01. The predicted octanol–water partition coefficient (Wildman–Crippen LogP) is 13.2. The molecule has 4 nitrogen and oxygen atoms in total. The van der Waals surface area contributed by atoms with Crippen molar-refractivity contribution < 1.29 is 0 Å². The van der Waals surface area contributed by atoms with E-state index in [1.807, 2.05) is 0 Å². The SMILES string of the molecule is CC(C)N(C(C)C)P(N([Si](C)(C)C)[Si](C)(C)C)p1p2p(P(N(C(C)C)C(C)C)N([Si](C)(C)C)[Si](C)(C)C)p12. The van der Waals surface area contributed by atoms with Crippen molar-refractivity contribution in [2.75, 3.05) is 0 Å². The number of fused-ring (bicyclic) bond motifs is 1. The van der Waals surface area contributed by atoms with Gasteiger partial charge in [0.15, 0.2) is 0 Å². The van der Waals surface area contributed by atoms with E-state index in [0.717, 1.165) is 0 Å². The van der Waals surface area contributed by atoms with Crippen LogP contribution in [0.3, 0.4) is 0 Å². The number of hydrogen-bond donors (Lipinski definition) is 0. The Labute approximate surface area is 248 Å². The molecule has 0 aliphatic carbocycles. The normalized spacial score (nSPS) is 18.9. The van der Waals surface area contributed by atoms with E-state index >= 15 is 0 Å². The van der Waals surface area contributed by atoms with Crippen molar-refractivity contribution in [2.24, 2.45) is 0 Å². The Morgan fingerprint density at radius 3 is 0.711 bits per heavy atom. The Balaban J connectivity index is 2.79. The smallest absolute Gasteiger partial charge is 0.117 e. The van der Waals surface area contributed by atoms with E-state index in [1.54, 1.807) is 0 Å². The molecule has 2 aromatic rings. The summed E-state index contributed by atoms with van der Waals surface area (Å²) in [5, 5.41) is 0. The molecule has 0 aliphatic rings. The lowest BCUT2D eigenvalue weighted by molar-refractivity contribution is 0.321. The number of hydrogen-bond acceptors (Lipinski definition) is 4. The molecule has 0 bridgehead atoms. The van der Waals surface area contributed by atoms with Crippen LogP contribution in [0.25, 0.3) is 0 Å². The Morgan fingerprint density at radius 2 is 0.579 bits per heavy atom. The largest absolute Gasteiger partial charge is 0.305 e. The van der Waals surface area contributed by atoms with Crippen molar-refractivity contribution in [1.82, 2.24) is 17.3 Å². The fourth-order valence-corrected chi connectivity index (χ4v) is 159. The second-order valence-corrected chi connectivity index (χ2v) is 70.5. The van der Waals surface area contributed by atoms with Gasteiger partial charge in [0, 0.05) is 24.2 Å². The Hall–Kier alpha value is 2.77. The molecule has 0 fully saturated rings. The molecule has 2 unspecified atom stereocenters. The average Bonchev–Trinajstić information content (AvgIpc) is 3.46. The van der Waals surface area contributed by atoms with E-state index in [1.165, 1.54) is 0 Å². The average molecular weight is 707 g/mol. The zero-order chi connectivity index (χ0) is 30.1. The van der Waals surface area contributed by atoms with Gasteiger partial charge >= 0.3 is 0 Å². The topological polar surface area (TPSA) is 13.0 Å². The summed E-state index contributed by atoms with van der Waals surface area (Å²) in [6.07, 6.45) is 0.695. The maximum atomic E-state index is 3.31. The van der Waals surface area contributed by atoms with E-state index in [-0.39, 0.29) is 29.0 Å². The van der Waals surface area contributed by atoms with Crippen molar-refractivity contribution >= 4 is 74.7 Å². The van der Waals surface area contributed by atoms with Crippen LogP contribution in [0.5, 0.6) is 0 Å². The molecule has 0 radical (unpaired) electrons. The van der Waals surface area contributed by atoms with Crippen LogP contribution in [0.4, 0.5) is 0 Å². The first kappa shape index (κ1) is 37.0. The number of rotatable bonds is 14. The van der Waals surface area contributed by atoms with Gasteiger partial charge in [-0.2, -0.15) is 0 Å². The second kappa shape index (κ2) is 12.6. The van der Waals surface area contributed by atoms with Crippen molar-refractivity contribution in [1.29, 1.82) is 0 Å². The Bertz CT molecular complexity index is 859. The molecule has 2 atom stereocenters. The highest BCUT2D eigenvalue weighted by atomic mass is 33.3. The summed E-state index contributed by atoms with van der Waals surface area (Å²) in [5.74, 6) is 0. The lowest BCUT2D eigenvalue weighted by Crippen LogP contribution is -2.57. The van der Waals surface area contributed by atoms with E-state index in [2.05, 4.69) is 151 Å². The van der Waals surface area contributed by atoms with E-state index < -0.39 is 32.9 Å². The van der Waals surface area contributed by atoms with Gasteiger partial charge in [0.2, 0.25) is 0 Å². The van der Waals surface area contributed by atoms with Gasteiger partial charge in [-0.15, -0.1) is 0 Å². The third-order valence-corrected chi connectivity index (χ3v) is 94.6. The van der Waals surface area contributed by atoms with Gasteiger partial charge in [-0.1, -0.05) is 78.6 Å². The highest BCUT2D eigenvalue weighted by molar-refractivity contribution is 9.22. The van der Waals surface area contributed by atoms with Crippen LogP contribution in [-0.2, 0) is 0 Å². The predicted molar refractivity (Wildman–Crippen MR) is 203 cm³/mol. The summed E-state index contributed by atoms with van der Waals surface area (Å²) in [4.78, 5) is 0. The summed E-state index contributed by atoms with van der Waals surface area (Å²) in [6.45, 7) is 52.5. The zero-order valence-corrected chi connectivity index (χ0v) is 38.1. The lowest BCUT2D eigenvalue weighted by Gasteiger charge is -2.54. The van der Waals surface area contributed by atoms with Gasteiger partial charge in [0.05, 0.1) is 15.8 Å². The third kappa shape index (κ3) is 8.07. The molecule has 0 saturated heterocycles. The highest BCUT2D eigenvalue weighted by Crippen LogP contribution is 3.22. The van der Waals surface area contributed by atoms with Crippen LogP contribution in [0, 0.1) is 0 Å².